The van der Waals surface area contributed by atoms with Crippen molar-refractivity contribution in [2.45, 2.75) is 39.8 Å². The number of halogens is 1. The third-order valence-corrected chi connectivity index (χ3v) is 4.67. The van der Waals surface area contributed by atoms with Gasteiger partial charge in [0.05, 0.1) is 6.54 Å². The molecule has 25 heavy (non-hydrogen) atoms. The smallest absolute Gasteiger partial charge is 0.191 e. The highest BCUT2D eigenvalue weighted by Gasteiger charge is 2.17. The number of aliphatic imine (C=N–C) groups is 1. The van der Waals surface area contributed by atoms with Gasteiger partial charge in [0.1, 0.15) is 5.82 Å². The molecule has 0 spiro atoms. The Hall–Kier alpha value is -1.57. The quantitative estimate of drug-likeness (QED) is 0.439. The van der Waals surface area contributed by atoms with Gasteiger partial charge in [0.15, 0.2) is 5.96 Å². The second-order valence-electron chi connectivity index (χ2n) is 6.79. The molecule has 1 aromatic heterocycles. The van der Waals surface area contributed by atoms with E-state index in [0.29, 0.717) is 18.4 Å². The summed E-state index contributed by atoms with van der Waals surface area (Å²) in [6.45, 7) is 7.82. The van der Waals surface area contributed by atoms with Crippen LogP contribution in [0.5, 0.6) is 0 Å². The maximum atomic E-state index is 6.19. The number of nitrogens with two attached hydrogens (primary N) is 1. The van der Waals surface area contributed by atoms with Crippen LogP contribution in [0.2, 0.25) is 0 Å². The van der Waals surface area contributed by atoms with E-state index >= 15 is 0 Å². The molecule has 3 rings (SSSR count). The summed E-state index contributed by atoms with van der Waals surface area (Å²) < 4.78 is 2.14. The van der Waals surface area contributed by atoms with Crippen LogP contribution in [0.25, 0.3) is 0 Å². The number of hydrogen-bond donors (Lipinski definition) is 1. The number of hydrogen-bond acceptors (Lipinski definition) is 2. The molecule has 2 heterocycles. The van der Waals surface area contributed by atoms with E-state index < -0.39 is 0 Å². The molecule has 0 radical (unpaired) electrons. The number of likely N-dealkylation sites (tertiary alicyclic amines) is 1. The van der Waals surface area contributed by atoms with Crippen LogP contribution in [0.1, 0.15) is 36.7 Å². The molecule has 2 N–H and O–H groups in total. The summed E-state index contributed by atoms with van der Waals surface area (Å²) in [5.74, 6) is 2.41. The van der Waals surface area contributed by atoms with Crippen LogP contribution >= 0.6 is 24.0 Å². The monoisotopic (exact) mass is 453 g/mol. The minimum atomic E-state index is 0. The Morgan fingerprint density at radius 1 is 1.36 bits per heavy atom. The van der Waals surface area contributed by atoms with Gasteiger partial charge < -0.3 is 15.2 Å². The number of guanidine groups is 1. The van der Waals surface area contributed by atoms with Gasteiger partial charge in [-0.3, -0.25) is 0 Å². The Labute approximate surface area is 167 Å². The zero-order chi connectivity index (χ0) is 16.9. The number of piperidine rings is 1. The van der Waals surface area contributed by atoms with Crippen LogP contribution in [0.4, 0.5) is 0 Å². The van der Waals surface area contributed by atoms with Crippen LogP contribution in [0.3, 0.4) is 0 Å². The van der Waals surface area contributed by atoms with E-state index in [1.54, 1.807) is 0 Å². The third kappa shape index (κ3) is 5.45. The van der Waals surface area contributed by atoms with Crippen molar-refractivity contribution in [3.63, 3.8) is 0 Å². The summed E-state index contributed by atoms with van der Waals surface area (Å²) in [5.41, 5.74) is 8.64. The number of aromatic nitrogens is 2. The Bertz CT molecular complexity index is 709. The lowest BCUT2D eigenvalue weighted by Gasteiger charge is -2.31. The van der Waals surface area contributed by atoms with Crippen LogP contribution in [0, 0.1) is 12.8 Å². The maximum Gasteiger partial charge on any atom is 0.191 e. The molecule has 0 amide bonds. The first-order valence-electron chi connectivity index (χ1n) is 8.72. The SMILES string of the molecule is Cc1nccn1Cc1cccc(CN=C(N)N2CCCC(C)C2)c1.I. The van der Waals surface area contributed by atoms with Gasteiger partial charge in [-0.15, -0.1) is 24.0 Å². The normalized spacial score (nSPS) is 18.1. The Kier molecular flexibility index (Phi) is 7.28. The predicted molar refractivity (Wildman–Crippen MR) is 113 cm³/mol. The number of rotatable bonds is 4. The van der Waals surface area contributed by atoms with E-state index in [-0.39, 0.29) is 24.0 Å². The summed E-state index contributed by atoms with van der Waals surface area (Å²) in [4.78, 5) is 11.1. The van der Waals surface area contributed by atoms with Crippen molar-refractivity contribution < 1.29 is 0 Å². The van der Waals surface area contributed by atoms with Crippen molar-refractivity contribution >= 4 is 29.9 Å². The lowest BCUT2D eigenvalue weighted by atomic mass is 10.0. The average molecular weight is 453 g/mol. The largest absolute Gasteiger partial charge is 0.370 e. The minimum Gasteiger partial charge on any atom is -0.370 e. The highest BCUT2D eigenvalue weighted by Crippen LogP contribution is 2.15. The lowest BCUT2D eigenvalue weighted by Crippen LogP contribution is -2.43. The molecule has 1 saturated heterocycles. The van der Waals surface area contributed by atoms with Gasteiger partial charge in [-0.1, -0.05) is 31.2 Å². The van der Waals surface area contributed by atoms with E-state index in [1.165, 1.54) is 24.0 Å². The Balaban J connectivity index is 0.00000225. The Morgan fingerprint density at radius 2 is 2.16 bits per heavy atom. The molecule has 0 bridgehead atoms. The highest BCUT2D eigenvalue weighted by molar-refractivity contribution is 14.0. The summed E-state index contributed by atoms with van der Waals surface area (Å²) in [6.07, 6.45) is 6.34. The number of benzene rings is 1. The second-order valence-corrected chi connectivity index (χ2v) is 6.79. The van der Waals surface area contributed by atoms with Crippen LogP contribution in [0.15, 0.2) is 41.7 Å². The number of imidazole rings is 1. The molecule has 1 unspecified atom stereocenters. The number of aryl methyl sites for hydroxylation is 1. The zero-order valence-electron chi connectivity index (χ0n) is 15.1. The van der Waals surface area contributed by atoms with Crippen molar-refractivity contribution in [2.24, 2.45) is 16.6 Å². The fraction of sp³-hybridized carbons (Fsp3) is 0.474. The highest BCUT2D eigenvalue weighted by atomic mass is 127. The summed E-state index contributed by atoms with van der Waals surface area (Å²) in [6, 6.07) is 8.54. The van der Waals surface area contributed by atoms with Crippen molar-refractivity contribution in [3.8, 4) is 0 Å². The summed E-state index contributed by atoms with van der Waals surface area (Å²) >= 11 is 0. The molecule has 0 saturated carbocycles. The maximum absolute atomic E-state index is 6.19. The van der Waals surface area contributed by atoms with Gasteiger partial charge in [0.25, 0.3) is 0 Å². The van der Waals surface area contributed by atoms with Crippen molar-refractivity contribution in [2.75, 3.05) is 13.1 Å². The first-order chi connectivity index (χ1) is 11.6. The lowest BCUT2D eigenvalue weighted by molar-refractivity contribution is 0.270. The van der Waals surface area contributed by atoms with Gasteiger partial charge in [0, 0.05) is 32.0 Å². The molecule has 1 atom stereocenters. The van der Waals surface area contributed by atoms with E-state index in [2.05, 4.69) is 50.6 Å². The summed E-state index contributed by atoms with van der Waals surface area (Å²) in [5, 5.41) is 0. The first kappa shape index (κ1) is 19.8. The topological polar surface area (TPSA) is 59.4 Å². The first-order valence-corrected chi connectivity index (χ1v) is 8.72. The molecule has 136 valence electrons. The van der Waals surface area contributed by atoms with Crippen LogP contribution in [-0.4, -0.2) is 33.5 Å². The molecule has 6 heteroatoms. The molecule has 5 nitrogen and oxygen atoms in total. The predicted octanol–water partition coefficient (Wildman–Crippen LogP) is 3.40. The third-order valence-electron chi connectivity index (χ3n) is 4.67. The molecule has 1 aromatic carbocycles. The molecule has 1 fully saturated rings. The molecular formula is C19H28IN5. The fourth-order valence-corrected chi connectivity index (χ4v) is 3.26. The average Bonchev–Trinajstić information content (AvgIpc) is 2.98. The van der Waals surface area contributed by atoms with E-state index in [1.807, 2.05) is 19.3 Å². The molecule has 1 aliphatic rings. The van der Waals surface area contributed by atoms with Gasteiger partial charge in [-0.25, -0.2) is 9.98 Å². The zero-order valence-corrected chi connectivity index (χ0v) is 17.4. The minimum absolute atomic E-state index is 0. The summed E-state index contributed by atoms with van der Waals surface area (Å²) in [7, 11) is 0. The number of nitrogens with zero attached hydrogens (tertiary/aromatic N) is 4. The molecule has 0 aliphatic carbocycles. The molecule has 1 aliphatic heterocycles. The van der Waals surface area contributed by atoms with E-state index in [9.17, 15) is 0 Å². The van der Waals surface area contributed by atoms with E-state index in [4.69, 9.17) is 5.73 Å². The van der Waals surface area contributed by atoms with E-state index in [0.717, 1.165) is 25.5 Å². The van der Waals surface area contributed by atoms with Crippen LogP contribution in [-0.2, 0) is 13.1 Å². The second kappa shape index (κ2) is 9.22. The van der Waals surface area contributed by atoms with Gasteiger partial charge in [-0.05, 0) is 36.8 Å². The van der Waals surface area contributed by atoms with Crippen molar-refractivity contribution in [1.29, 1.82) is 0 Å². The molecule has 2 aromatic rings. The van der Waals surface area contributed by atoms with Crippen LogP contribution < -0.4 is 5.73 Å². The van der Waals surface area contributed by atoms with Gasteiger partial charge in [-0.2, -0.15) is 0 Å². The van der Waals surface area contributed by atoms with Gasteiger partial charge in [0.2, 0.25) is 0 Å². The molecular weight excluding hydrogens is 425 g/mol. The fourth-order valence-electron chi connectivity index (χ4n) is 3.26. The Morgan fingerprint density at radius 3 is 2.88 bits per heavy atom. The van der Waals surface area contributed by atoms with Crippen molar-refractivity contribution in [3.05, 3.63) is 53.6 Å². The van der Waals surface area contributed by atoms with Crippen molar-refractivity contribution in [1.82, 2.24) is 14.5 Å². The van der Waals surface area contributed by atoms with Gasteiger partial charge >= 0.3 is 0 Å². The standard InChI is InChI=1S/C19H27N5.HI/c1-15-5-4-9-24(13-15)19(20)22-12-17-6-3-7-18(11-17)14-23-10-8-21-16(23)2;/h3,6-8,10-11,15H,4-5,9,12-14H2,1-2H3,(H2,20,22);1H.